The number of nitrogens with two attached hydrogens (primary N) is 1. The van der Waals surface area contributed by atoms with Gasteiger partial charge in [0.2, 0.25) is 0 Å². The van der Waals surface area contributed by atoms with Crippen LogP contribution in [0.25, 0.3) is 10.9 Å². The van der Waals surface area contributed by atoms with Crippen molar-refractivity contribution in [3.05, 3.63) is 30.1 Å². The summed E-state index contributed by atoms with van der Waals surface area (Å²) in [6, 6.07) is 8.39. The van der Waals surface area contributed by atoms with Gasteiger partial charge >= 0.3 is 0 Å². The number of fused-ring (bicyclic) bond motifs is 1. The second-order valence-corrected chi connectivity index (χ2v) is 5.07. The first-order chi connectivity index (χ1) is 9.24. The number of nitrogens with one attached hydrogen (secondary N) is 1. The van der Waals surface area contributed by atoms with E-state index in [1.54, 1.807) is 0 Å². The van der Waals surface area contributed by atoms with Crippen LogP contribution in [0.1, 0.15) is 12.7 Å². The van der Waals surface area contributed by atoms with Crippen LogP contribution < -0.4 is 11.1 Å². The molecule has 0 spiro atoms. The molecule has 5 nitrogen and oxygen atoms in total. The molecule has 0 bridgehead atoms. The number of piperazine rings is 1. The SMILES string of the molecule is C[C@H]1CNCCN1Cc1nc(N)c2ccccc2n1. The molecule has 3 N–H and O–H groups in total. The minimum Gasteiger partial charge on any atom is -0.383 e. The van der Waals surface area contributed by atoms with Crippen LogP contribution in [0.2, 0.25) is 0 Å². The summed E-state index contributed by atoms with van der Waals surface area (Å²) < 4.78 is 0. The fraction of sp³-hybridized carbons (Fsp3) is 0.429. The van der Waals surface area contributed by atoms with Gasteiger partial charge < -0.3 is 11.1 Å². The third-order valence-corrected chi connectivity index (χ3v) is 3.66. The Kier molecular flexibility index (Phi) is 3.31. The maximum atomic E-state index is 6.01. The van der Waals surface area contributed by atoms with Crippen LogP contribution in [0.5, 0.6) is 0 Å². The highest BCUT2D eigenvalue weighted by Gasteiger charge is 2.19. The largest absolute Gasteiger partial charge is 0.383 e. The lowest BCUT2D eigenvalue weighted by molar-refractivity contribution is 0.162. The molecule has 1 aliphatic rings. The zero-order valence-corrected chi connectivity index (χ0v) is 11.1. The Bertz CT molecular complexity index is 583. The number of anilines is 1. The standard InChI is InChI=1S/C14H19N5/c1-10-8-16-6-7-19(10)9-13-17-12-5-3-2-4-11(12)14(15)18-13/h2-5,10,16H,6-9H2,1H3,(H2,15,17,18)/t10-/m0/s1. The van der Waals surface area contributed by atoms with E-state index >= 15 is 0 Å². The molecule has 100 valence electrons. The molecule has 1 saturated heterocycles. The smallest absolute Gasteiger partial charge is 0.145 e. The lowest BCUT2D eigenvalue weighted by Gasteiger charge is -2.33. The molecule has 2 heterocycles. The first-order valence-electron chi connectivity index (χ1n) is 6.70. The second kappa shape index (κ2) is 5.11. The minimum absolute atomic E-state index is 0.505. The summed E-state index contributed by atoms with van der Waals surface area (Å²) >= 11 is 0. The lowest BCUT2D eigenvalue weighted by Crippen LogP contribution is -2.49. The predicted octanol–water partition coefficient (Wildman–Crippen LogP) is 1.01. The van der Waals surface area contributed by atoms with E-state index in [4.69, 9.17) is 5.73 Å². The van der Waals surface area contributed by atoms with E-state index in [0.717, 1.165) is 42.9 Å². The van der Waals surface area contributed by atoms with Gasteiger partial charge in [-0.3, -0.25) is 4.90 Å². The molecule has 19 heavy (non-hydrogen) atoms. The Morgan fingerprint density at radius 2 is 2.21 bits per heavy atom. The number of nitrogens with zero attached hydrogens (tertiary/aromatic N) is 3. The molecule has 5 heteroatoms. The van der Waals surface area contributed by atoms with Crippen molar-refractivity contribution in [1.82, 2.24) is 20.2 Å². The average Bonchev–Trinajstić information content (AvgIpc) is 2.42. The summed E-state index contributed by atoms with van der Waals surface area (Å²) in [6.45, 7) is 6.04. The van der Waals surface area contributed by atoms with Gasteiger partial charge in [0.25, 0.3) is 0 Å². The second-order valence-electron chi connectivity index (χ2n) is 5.07. The first kappa shape index (κ1) is 12.3. The Labute approximate surface area is 112 Å². The van der Waals surface area contributed by atoms with E-state index in [1.165, 1.54) is 0 Å². The van der Waals surface area contributed by atoms with E-state index in [1.807, 2.05) is 24.3 Å². The normalized spacial score (nSPS) is 20.8. The van der Waals surface area contributed by atoms with E-state index in [-0.39, 0.29) is 0 Å². The lowest BCUT2D eigenvalue weighted by atomic mass is 10.2. The number of para-hydroxylation sites is 1. The number of aromatic nitrogens is 2. The Balaban J connectivity index is 1.88. The van der Waals surface area contributed by atoms with Gasteiger partial charge in [0.05, 0.1) is 12.1 Å². The van der Waals surface area contributed by atoms with Crippen molar-refractivity contribution in [2.75, 3.05) is 25.4 Å². The number of nitrogen functional groups attached to an aromatic ring is 1. The number of hydrogen-bond donors (Lipinski definition) is 2. The van der Waals surface area contributed by atoms with Gasteiger partial charge in [0.1, 0.15) is 11.6 Å². The fourth-order valence-corrected chi connectivity index (χ4v) is 2.52. The van der Waals surface area contributed by atoms with Crippen molar-refractivity contribution in [1.29, 1.82) is 0 Å². The summed E-state index contributed by atoms with van der Waals surface area (Å²) in [5.74, 6) is 1.38. The molecule has 1 aromatic heterocycles. The molecule has 1 aliphatic heterocycles. The van der Waals surface area contributed by atoms with E-state index < -0.39 is 0 Å². The minimum atomic E-state index is 0.505. The van der Waals surface area contributed by atoms with Crippen molar-refractivity contribution in [3.63, 3.8) is 0 Å². The Morgan fingerprint density at radius 1 is 1.37 bits per heavy atom. The molecule has 0 radical (unpaired) electrons. The zero-order valence-electron chi connectivity index (χ0n) is 11.1. The number of hydrogen-bond acceptors (Lipinski definition) is 5. The monoisotopic (exact) mass is 257 g/mol. The zero-order chi connectivity index (χ0) is 13.2. The van der Waals surface area contributed by atoms with Gasteiger partial charge in [-0.15, -0.1) is 0 Å². The Hall–Kier alpha value is -1.72. The predicted molar refractivity (Wildman–Crippen MR) is 76.7 cm³/mol. The summed E-state index contributed by atoms with van der Waals surface area (Å²) in [5, 5.41) is 4.31. The molecular formula is C14H19N5. The van der Waals surface area contributed by atoms with E-state index in [9.17, 15) is 0 Å². The van der Waals surface area contributed by atoms with Crippen LogP contribution in [0.4, 0.5) is 5.82 Å². The molecular weight excluding hydrogens is 238 g/mol. The molecule has 0 saturated carbocycles. The summed E-state index contributed by atoms with van der Waals surface area (Å²) in [5.41, 5.74) is 6.94. The van der Waals surface area contributed by atoms with E-state index in [0.29, 0.717) is 11.9 Å². The molecule has 1 aromatic carbocycles. The highest BCUT2D eigenvalue weighted by atomic mass is 15.2. The summed E-state index contributed by atoms with van der Waals surface area (Å²) in [7, 11) is 0. The topological polar surface area (TPSA) is 67.1 Å². The van der Waals surface area contributed by atoms with E-state index in [2.05, 4.69) is 27.1 Å². The third kappa shape index (κ3) is 2.52. The third-order valence-electron chi connectivity index (χ3n) is 3.66. The summed E-state index contributed by atoms with van der Waals surface area (Å²) in [6.07, 6.45) is 0. The maximum Gasteiger partial charge on any atom is 0.145 e. The van der Waals surface area contributed by atoms with Gasteiger partial charge in [0, 0.05) is 31.1 Å². The molecule has 1 atom stereocenters. The average molecular weight is 257 g/mol. The highest BCUT2D eigenvalue weighted by molar-refractivity contribution is 5.87. The van der Waals surface area contributed by atoms with Crippen molar-refractivity contribution in [2.24, 2.45) is 0 Å². The van der Waals surface area contributed by atoms with Gasteiger partial charge in [-0.2, -0.15) is 0 Å². The molecule has 0 unspecified atom stereocenters. The van der Waals surface area contributed by atoms with Crippen molar-refractivity contribution in [2.45, 2.75) is 19.5 Å². The van der Waals surface area contributed by atoms with Gasteiger partial charge in [0.15, 0.2) is 0 Å². The molecule has 0 aliphatic carbocycles. The van der Waals surface area contributed by atoms with Crippen LogP contribution in [-0.2, 0) is 6.54 Å². The highest BCUT2D eigenvalue weighted by Crippen LogP contribution is 2.18. The Morgan fingerprint density at radius 3 is 3.05 bits per heavy atom. The van der Waals surface area contributed by atoms with Crippen LogP contribution in [0, 0.1) is 0 Å². The van der Waals surface area contributed by atoms with Crippen LogP contribution in [-0.4, -0.2) is 40.5 Å². The van der Waals surface area contributed by atoms with Crippen LogP contribution in [0.3, 0.4) is 0 Å². The fourth-order valence-electron chi connectivity index (χ4n) is 2.52. The number of benzene rings is 1. The number of rotatable bonds is 2. The summed E-state index contributed by atoms with van der Waals surface area (Å²) in [4.78, 5) is 11.4. The molecule has 2 aromatic rings. The van der Waals surface area contributed by atoms with Crippen molar-refractivity contribution in [3.8, 4) is 0 Å². The van der Waals surface area contributed by atoms with Gasteiger partial charge in [-0.05, 0) is 19.1 Å². The van der Waals surface area contributed by atoms with Crippen molar-refractivity contribution < 1.29 is 0 Å². The molecule has 1 fully saturated rings. The molecule has 3 rings (SSSR count). The van der Waals surface area contributed by atoms with Gasteiger partial charge in [-0.25, -0.2) is 9.97 Å². The van der Waals surface area contributed by atoms with Gasteiger partial charge in [-0.1, -0.05) is 12.1 Å². The van der Waals surface area contributed by atoms with Crippen molar-refractivity contribution >= 4 is 16.7 Å². The quantitative estimate of drug-likeness (QED) is 0.840. The van der Waals surface area contributed by atoms with Crippen LogP contribution >= 0.6 is 0 Å². The maximum absolute atomic E-state index is 6.01. The molecule has 0 amide bonds. The van der Waals surface area contributed by atoms with Crippen LogP contribution in [0.15, 0.2) is 24.3 Å². The first-order valence-corrected chi connectivity index (χ1v) is 6.70.